The molecule has 0 unspecified atom stereocenters. The predicted molar refractivity (Wildman–Crippen MR) is 93.5 cm³/mol. The minimum Gasteiger partial charge on any atom is -0.506 e. The van der Waals surface area contributed by atoms with Gasteiger partial charge in [0.2, 0.25) is 0 Å². The molecule has 0 radical (unpaired) electrons. The summed E-state index contributed by atoms with van der Waals surface area (Å²) in [6.45, 7) is 0. The van der Waals surface area contributed by atoms with Gasteiger partial charge in [0, 0.05) is 17.4 Å². The van der Waals surface area contributed by atoms with Gasteiger partial charge in [-0.25, -0.2) is 9.97 Å². The van der Waals surface area contributed by atoms with Gasteiger partial charge in [-0.2, -0.15) is 13.2 Å². The van der Waals surface area contributed by atoms with Crippen molar-refractivity contribution in [1.82, 2.24) is 19.9 Å². The SMILES string of the molecule is Oc1ccc(-c2c[nH]c3ncnc(Nc4cccc(C(F)(F)F)c4)c23)nc1. The number of alkyl halides is 3. The third-order valence-corrected chi connectivity index (χ3v) is 3.95. The zero-order chi connectivity index (χ0) is 19.0. The maximum Gasteiger partial charge on any atom is 0.416 e. The van der Waals surface area contributed by atoms with Gasteiger partial charge in [-0.1, -0.05) is 6.07 Å². The smallest absolute Gasteiger partial charge is 0.416 e. The lowest BCUT2D eigenvalue weighted by molar-refractivity contribution is -0.137. The molecule has 0 fully saturated rings. The normalized spacial score (nSPS) is 11.7. The lowest BCUT2D eigenvalue weighted by Crippen LogP contribution is -2.05. The lowest BCUT2D eigenvalue weighted by atomic mass is 10.1. The molecular weight excluding hydrogens is 359 g/mol. The highest BCUT2D eigenvalue weighted by molar-refractivity contribution is 6.01. The Hall–Kier alpha value is -3.62. The summed E-state index contributed by atoms with van der Waals surface area (Å²) in [5.74, 6) is 0.364. The number of aromatic hydroxyl groups is 1. The Bertz CT molecular complexity index is 1110. The monoisotopic (exact) mass is 371 g/mol. The maximum absolute atomic E-state index is 12.9. The third kappa shape index (κ3) is 3.26. The van der Waals surface area contributed by atoms with Crippen molar-refractivity contribution in [3.8, 4) is 17.0 Å². The van der Waals surface area contributed by atoms with Gasteiger partial charge >= 0.3 is 6.18 Å². The van der Waals surface area contributed by atoms with E-state index in [1.54, 1.807) is 12.3 Å². The van der Waals surface area contributed by atoms with Crippen LogP contribution in [0.4, 0.5) is 24.7 Å². The Kier molecular flexibility index (Phi) is 3.91. The molecule has 3 heterocycles. The molecule has 0 aliphatic heterocycles. The van der Waals surface area contributed by atoms with E-state index in [4.69, 9.17) is 0 Å². The van der Waals surface area contributed by atoms with Crippen molar-refractivity contribution in [2.75, 3.05) is 5.32 Å². The molecule has 27 heavy (non-hydrogen) atoms. The van der Waals surface area contributed by atoms with Gasteiger partial charge in [0.05, 0.1) is 22.8 Å². The molecule has 0 aliphatic carbocycles. The Morgan fingerprint density at radius 3 is 2.63 bits per heavy atom. The molecule has 4 aromatic rings. The highest BCUT2D eigenvalue weighted by Crippen LogP contribution is 2.34. The molecule has 0 atom stereocenters. The summed E-state index contributed by atoms with van der Waals surface area (Å²) < 4.78 is 38.8. The van der Waals surface area contributed by atoms with Crippen LogP contribution in [0.5, 0.6) is 5.75 Å². The number of hydrogen-bond donors (Lipinski definition) is 3. The number of aromatic amines is 1. The van der Waals surface area contributed by atoms with E-state index in [2.05, 4.69) is 25.3 Å². The molecule has 0 bridgehead atoms. The van der Waals surface area contributed by atoms with E-state index in [9.17, 15) is 18.3 Å². The van der Waals surface area contributed by atoms with E-state index in [0.29, 0.717) is 28.1 Å². The Labute approximate surface area is 150 Å². The van der Waals surface area contributed by atoms with Gasteiger partial charge in [0.25, 0.3) is 0 Å². The first-order valence-electron chi connectivity index (χ1n) is 7.83. The van der Waals surface area contributed by atoms with Crippen LogP contribution in [-0.4, -0.2) is 25.0 Å². The fourth-order valence-electron chi connectivity index (χ4n) is 2.72. The van der Waals surface area contributed by atoms with Gasteiger partial charge < -0.3 is 15.4 Å². The van der Waals surface area contributed by atoms with Crippen LogP contribution in [-0.2, 0) is 6.18 Å². The molecule has 0 saturated carbocycles. The first kappa shape index (κ1) is 16.8. The van der Waals surface area contributed by atoms with Crippen molar-refractivity contribution in [2.45, 2.75) is 6.18 Å². The summed E-state index contributed by atoms with van der Waals surface area (Å²) in [6, 6.07) is 7.98. The Morgan fingerprint density at radius 2 is 1.89 bits per heavy atom. The second-order valence-electron chi connectivity index (χ2n) is 5.75. The summed E-state index contributed by atoms with van der Waals surface area (Å²) in [4.78, 5) is 15.5. The van der Waals surface area contributed by atoms with Crippen molar-refractivity contribution in [1.29, 1.82) is 0 Å². The van der Waals surface area contributed by atoms with E-state index < -0.39 is 11.7 Å². The van der Waals surface area contributed by atoms with E-state index in [1.165, 1.54) is 30.7 Å². The van der Waals surface area contributed by atoms with E-state index in [1.807, 2.05) is 0 Å². The zero-order valence-electron chi connectivity index (χ0n) is 13.6. The number of nitrogens with one attached hydrogen (secondary N) is 2. The minimum atomic E-state index is -4.44. The second-order valence-corrected chi connectivity index (χ2v) is 5.75. The van der Waals surface area contributed by atoms with Crippen LogP contribution in [0.15, 0.2) is 55.1 Å². The van der Waals surface area contributed by atoms with Crippen LogP contribution >= 0.6 is 0 Å². The van der Waals surface area contributed by atoms with E-state index in [0.717, 1.165) is 12.1 Å². The average Bonchev–Trinajstić information content (AvgIpc) is 3.07. The van der Waals surface area contributed by atoms with Gasteiger partial charge in [-0.05, 0) is 30.3 Å². The van der Waals surface area contributed by atoms with Crippen molar-refractivity contribution < 1.29 is 18.3 Å². The molecular formula is C18H12F3N5O. The number of hydrogen-bond acceptors (Lipinski definition) is 5. The van der Waals surface area contributed by atoms with Gasteiger partial charge in [-0.3, -0.25) is 4.98 Å². The molecule has 0 aliphatic rings. The Morgan fingerprint density at radius 1 is 1.04 bits per heavy atom. The first-order chi connectivity index (χ1) is 12.9. The predicted octanol–water partition coefficient (Wildman–Crippen LogP) is 4.49. The molecule has 136 valence electrons. The van der Waals surface area contributed by atoms with Gasteiger partial charge in [0.15, 0.2) is 0 Å². The van der Waals surface area contributed by atoms with Gasteiger partial charge in [-0.15, -0.1) is 0 Å². The summed E-state index contributed by atoms with van der Waals surface area (Å²) >= 11 is 0. The average molecular weight is 371 g/mol. The lowest BCUT2D eigenvalue weighted by Gasteiger charge is -2.11. The van der Waals surface area contributed by atoms with Crippen molar-refractivity contribution in [3.63, 3.8) is 0 Å². The molecule has 3 aromatic heterocycles. The number of fused-ring (bicyclic) bond motifs is 1. The van der Waals surface area contributed by atoms with Crippen molar-refractivity contribution >= 4 is 22.5 Å². The number of benzene rings is 1. The molecule has 0 amide bonds. The molecule has 3 N–H and O–H groups in total. The largest absolute Gasteiger partial charge is 0.506 e. The molecule has 0 saturated heterocycles. The topological polar surface area (TPSA) is 86.7 Å². The fourth-order valence-corrected chi connectivity index (χ4v) is 2.72. The quantitative estimate of drug-likeness (QED) is 0.494. The van der Waals surface area contributed by atoms with Crippen LogP contribution < -0.4 is 5.32 Å². The number of halogens is 3. The zero-order valence-corrected chi connectivity index (χ0v) is 13.6. The second kappa shape index (κ2) is 6.27. The van der Waals surface area contributed by atoms with Gasteiger partial charge in [0.1, 0.15) is 23.5 Å². The Balaban J connectivity index is 1.79. The van der Waals surface area contributed by atoms with Crippen LogP contribution in [0.2, 0.25) is 0 Å². The number of rotatable bonds is 3. The molecule has 6 nitrogen and oxygen atoms in total. The first-order valence-corrected chi connectivity index (χ1v) is 7.83. The molecule has 9 heteroatoms. The van der Waals surface area contributed by atoms with Crippen LogP contribution in [0.3, 0.4) is 0 Å². The van der Waals surface area contributed by atoms with Crippen molar-refractivity contribution in [3.05, 3.63) is 60.7 Å². The molecule has 4 rings (SSSR count). The minimum absolute atomic E-state index is 0.0251. The molecule has 1 aromatic carbocycles. The van der Waals surface area contributed by atoms with Crippen LogP contribution in [0.1, 0.15) is 5.56 Å². The standard InChI is InChI=1S/C18H12F3N5O/c19-18(20,21)10-2-1-3-11(6-10)26-17-15-13(8-23-16(15)24-9-25-17)14-5-4-12(27)7-22-14/h1-9,27H,(H2,23,24,25,26). The fraction of sp³-hybridized carbons (Fsp3) is 0.0556. The van der Waals surface area contributed by atoms with E-state index >= 15 is 0 Å². The highest BCUT2D eigenvalue weighted by Gasteiger charge is 2.30. The number of H-pyrrole nitrogens is 1. The number of nitrogens with zero attached hydrogens (tertiary/aromatic N) is 3. The number of pyridine rings is 1. The summed E-state index contributed by atoms with van der Waals surface area (Å²) in [7, 11) is 0. The summed E-state index contributed by atoms with van der Waals surface area (Å²) in [5.41, 5.74) is 1.20. The number of aromatic nitrogens is 4. The van der Waals surface area contributed by atoms with Crippen LogP contribution in [0, 0.1) is 0 Å². The van der Waals surface area contributed by atoms with E-state index in [-0.39, 0.29) is 11.4 Å². The van der Waals surface area contributed by atoms with Crippen molar-refractivity contribution in [2.24, 2.45) is 0 Å². The maximum atomic E-state index is 12.9. The third-order valence-electron chi connectivity index (χ3n) is 3.95. The molecule has 0 spiro atoms. The van der Waals surface area contributed by atoms with Crippen LogP contribution in [0.25, 0.3) is 22.3 Å². The summed E-state index contributed by atoms with van der Waals surface area (Å²) in [5, 5.41) is 12.9. The highest BCUT2D eigenvalue weighted by atomic mass is 19.4. The summed E-state index contributed by atoms with van der Waals surface area (Å²) in [6.07, 6.45) is -0.148. The number of anilines is 2.